The number of likely N-dealkylation sites (tertiary alicyclic amines) is 1. The van der Waals surface area contributed by atoms with Crippen LogP contribution in [0.4, 0.5) is 10.2 Å². The third-order valence-corrected chi connectivity index (χ3v) is 6.66. The number of H-pyrrole nitrogens is 1. The molecule has 0 bridgehead atoms. The average molecular weight is 525 g/mol. The van der Waals surface area contributed by atoms with E-state index < -0.39 is 11.6 Å². The van der Waals surface area contributed by atoms with Crippen molar-refractivity contribution >= 4 is 28.5 Å². The third kappa shape index (κ3) is 5.20. The molecule has 2 aromatic carbocycles. The standard InChI is InChI=1S/C29H25FN6O3/c1-2-18(14-31)29(38)36-12-6-7-19(36)15-32-27-25-23(16-33-28(25)35-17-34-27)26(37)22-11-10-21(13-24(22)30)39-20-8-4-3-5-9-20/h2-5,8-11,13,16-17,19H,6-7,12,15H2,1H3,(H2,32,33,34,35)/b18-2+. The van der Waals surface area contributed by atoms with Crippen LogP contribution in [0.3, 0.4) is 0 Å². The number of fused-ring (bicyclic) bond motifs is 1. The third-order valence-electron chi connectivity index (χ3n) is 6.66. The Kier molecular flexibility index (Phi) is 7.32. The van der Waals surface area contributed by atoms with Crippen molar-refractivity contribution < 1.29 is 18.7 Å². The zero-order valence-electron chi connectivity index (χ0n) is 21.1. The van der Waals surface area contributed by atoms with Gasteiger partial charge in [-0.2, -0.15) is 5.26 Å². The highest BCUT2D eigenvalue weighted by atomic mass is 19.1. The number of halogens is 1. The summed E-state index contributed by atoms with van der Waals surface area (Å²) in [4.78, 5) is 39.4. The van der Waals surface area contributed by atoms with Gasteiger partial charge in [-0.3, -0.25) is 9.59 Å². The summed E-state index contributed by atoms with van der Waals surface area (Å²) in [6, 6.07) is 14.9. The molecule has 2 aromatic heterocycles. The SMILES string of the molecule is C/C=C(\C#N)C(=O)N1CCCC1CNc1ncnc2[nH]cc(C(=O)c3ccc(Oc4ccccc4)cc3F)c12. The fourth-order valence-electron chi connectivity index (χ4n) is 4.71. The highest BCUT2D eigenvalue weighted by molar-refractivity contribution is 6.18. The fraction of sp³-hybridized carbons (Fsp3) is 0.207. The summed E-state index contributed by atoms with van der Waals surface area (Å²) in [7, 11) is 0. The second-order valence-corrected chi connectivity index (χ2v) is 9.02. The normalized spacial score (nSPS) is 15.3. The van der Waals surface area contributed by atoms with E-state index >= 15 is 4.39 Å². The number of ether oxygens (including phenoxy) is 1. The first-order chi connectivity index (χ1) is 19.0. The van der Waals surface area contributed by atoms with E-state index in [1.165, 1.54) is 30.7 Å². The van der Waals surface area contributed by atoms with Gasteiger partial charge in [0, 0.05) is 31.4 Å². The van der Waals surface area contributed by atoms with Crippen molar-refractivity contribution in [3.63, 3.8) is 0 Å². The van der Waals surface area contributed by atoms with Gasteiger partial charge in [0.15, 0.2) is 5.78 Å². The molecule has 39 heavy (non-hydrogen) atoms. The molecule has 0 aliphatic carbocycles. The van der Waals surface area contributed by atoms with Crippen molar-refractivity contribution in [1.29, 1.82) is 5.26 Å². The smallest absolute Gasteiger partial charge is 0.264 e. The average Bonchev–Trinajstić information content (AvgIpc) is 3.60. The Morgan fingerprint density at radius 2 is 2.03 bits per heavy atom. The van der Waals surface area contributed by atoms with Gasteiger partial charge >= 0.3 is 0 Å². The van der Waals surface area contributed by atoms with Crippen molar-refractivity contribution in [2.45, 2.75) is 25.8 Å². The Hall–Kier alpha value is -5.04. The molecule has 3 heterocycles. The number of nitrogens with one attached hydrogen (secondary N) is 2. The van der Waals surface area contributed by atoms with Crippen LogP contribution in [0.5, 0.6) is 11.5 Å². The van der Waals surface area contributed by atoms with Crippen molar-refractivity contribution in [2.24, 2.45) is 0 Å². The molecule has 1 atom stereocenters. The zero-order chi connectivity index (χ0) is 27.4. The molecular weight excluding hydrogens is 499 g/mol. The molecule has 0 spiro atoms. The minimum absolute atomic E-state index is 0.104. The first-order valence-corrected chi connectivity index (χ1v) is 12.5. The Labute approximate surface area is 223 Å². The lowest BCUT2D eigenvalue weighted by Crippen LogP contribution is -2.40. The van der Waals surface area contributed by atoms with Crippen LogP contribution in [0.15, 0.2) is 72.7 Å². The molecule has 4 aromatic rings. The molecule has 196 valence electrons. The van der Waals surface area contributed by atoms with Crippen LogP contribution >= 0.6 is 0 Å². The van der Waals surface area contributed by atoms with Crippen molar-refractivity contribution in [3.05, 3.63) is 89.6 Å². The van der Waals surface area contributed by atoms with Gasteiger partial charge in [-0.1, -0.05) is 24.3 Å². The number of anilines is 1. The number of hydrogen-bond acceptors (Lipinski definition) is 7. The van der Waals surface area contributed by atoms with E-state index in [-0.39, 0.29) is 34.4 Å². The maximum absolute atomic E-state index is 15.1. The van der Waals surface area contributed by atoms with Crippen LogP contribution in [0.25, 0.3) is 11.0 Å². The predicted molar refractivity (Wildman–Crippen MR) is 143 cm³/mol. The summed E-state index contributed by atoms with van der Waals surface area (Å²) in [5.41, 5.74) is 0.616. The fourth-order valence-corrected chi connectivity index (χ4v) is 4.71. The molecule has 1 fully saturated rings. The summed E-state index contributed by atoms with van der Waals surface area (Å²) < 4.78 is 20.7. The highest BCUT2D eigenvalue weighted by Gasteiger charge is 2.31. The number of aromatic nitrogens is 3. The van der Waals surface area contributed by atoms with E-state index in [0.717, 1.165) is 12.8 Å². The van der Waals surface area contributed by atoms with Crippen LogP contribution in [0.1, 0.15) is 35.7 Å². The van der Waals surface area contributed by atoms with Gasteiger partial charge in [0.05, 0.1) is 16.5 Å². The van der Waals surface area contributed by atoms with Crippen molar-refractivity contribution in [1.82, 2.24) is 19.9 Å². The molecule has 1 aliphatic heterocycles. The predicted octanol–water partition coefficient (Wildman–Crippen LogP) is 4.99. The summed E-state index contributed by atoms with van der Waals surface area (Å²) in [5.74, 6) is -0.339. The van der Waals surface area contributed by atoms with E-state index in [0.29, 0.717) is 35.7 Å². The van der Waals surface area contributed by atoms with Gasteiger partial charge in [0.2, 0.25) is 0 Å². The Bertz CT molecular complexity index is 1610. The summed E-state index contributed by atoms with van der Waals surface area (Å²) in [6.07, 6.45) is 5.93. The number of rotatable bonds is 8. The number of nitrogens with zero attached hydrogens (tertiary/aromatic N) is 4. The lowest BCUT2D eigenvalue weighted by atomic mass is 10.0. The summed E-state index contributed by atoms with van der Waals surface area (Å²) in [6.45, 7) is 2.58. The number of para-hydroxylation sites is 1. The first kappa shape index (κ1) is 25.6. The van der Waals surface area contributed by atoms with E-state index in [9.17, 15) is 14.9 Å². The Balaban J connectivity index is 1.37. The minimum Gasteiger partial charge on any atom is -0.457 e. The van der Waals surface area contributed by atoms with E-state index in [1.54, 1.807) is 30.0 Å². The number of aromatic amines is 1. The highest BCUT2D eigenvalue weighted by Crippen LogP contribution is 2.29. The number of hydrogen-bond donors (Lipinski definition) is 2. The maximum atomic E-state index is 15.1. The second kappa shape index (κ2) is 11.1. The van der Waals surface area contributed by atoms with Crippen molar-refractivity contribution in [3.8, 4) is 17.6 Å². The number of nitriles is 1. The van der Waals surface area contributed by atoms with Crippen LogP contribution < -0.4 is 10.1 Å². The quantitative estimate of drug-likeness (QED) is 0.189. The molecule has 1 unspecified atom stereocenters. The Morgan fingerprint density at radius 1 is 1.21 bits per heavy atom. The lowest BCUT2D eigenvalue weighted by Gasteiger charge is -2.25. The molecule has 5 rings (SSSR count). The summed E-state index contributed by atoms with van der Waals surface area (Å²) in [5, 5.41) is 12.9. The van der Waals surface area contributed by atoms with Gasteiger partial charge in [-0.25, -0.2) is 14.4 Å². The van der Waals surface area contributed by atoms with Gasteiger partial charge in [-0.05, 0) is 44.0 Å². The molecule has 1 amide bonds. The topological polar surface area (TPSA) is 124 Å². The maximum Gasteiger partial charge on any atom is 0.264 e. The van der Waals surface area contributed by atoms with E-state index in [2.05, 4.69) is 20.3 Å². The second-order valence-electron chi connectivity index (χ2n) is 9.02. The van der Waals surface area contributed by atoms with Crippen molar-refractivity contribution in [2.75, 3.05) is 18.4 Å². The number of allylic oxidation sites excluding steroid dienone is 1. The monoisotopic (exact) mass is 524 g/mol. The van der Waals surface area contributed by atoms with Crippen LogP contribution in [-0.2, 0) is 4.79 Å². The van der Waals surface area contributed by atoms with Gasteiger partial charge in [0.1, 0.15) is 46.8 Å². The molecule has 9 nitrogen and oxygen atoms in total. The molecule has 1 aliphatic rings. The summed E-state index contributed by atoms with van der Waals surface area (Å²) >= 11 is 0. The van der Waals surface area contributed by atoms with Gasteiger partial charge < -0.3 is 19.9 Å². The van der Waals surface area contributed by atoms with Gasteiger partial charge in [0.25, 0.3) is 5.91 Å². The zero-order valence-corrected chi connectivity index (χ0v) is 21.1. The number of amides is 1. The van der Waals surface area contributed by atoms with Gasteiger partial charge in [-0.15, -0.1) is 0 Å². The van der Waals surface area contributed by atoms with Crippen LogP contribution in [-0.4, -0.2) is 50.7 Å². The van der Waals surface area contributed by atoms with Crippen LogP contribution in [0.2, 0.25) is 0 Å². The number of carbonyl (C=O) groups is 2. The molecule has 0 radical (unpaired) electrons. The molecular formula is C29H25FN6O3. The van der Waals surface area contributed by atoms with Crippen LogP contribution in [0, 0.1) is 17.1 Å². The largest absolute Gasteiger partial charge is 0.457 e. The Morgan fingerprint density at radius 3 is 2.77 bits per heavy atom. The molecule has 10 heteroatoms. The molecule has 0 saturated carbocycles. The molecule has 2 N–H and O–H groups in total. The van der Waals surface area contributed by atoms with E-state index in [4.69, 9.17) is 4.74 Å². The number of ketones is 1. The minimum atomic E-state index is -0.716. The first-order valence-electron chi connectivity index (χ1n) is 12.5. The lowest BCUT2D eigenvalue weighted by molar-refractivity contribution is -0.127. The number of benzene rings is 2. The molecule has 1 saturated heterocycles. The van der Waals surface area contributed by atoms with E-state index in [1.807, 2.05) is 24.3 Å². The number of carbonyl (C=O) groups excluding carboxylic acids is 2.